The van der Waals surface area contributed by atoms with Gasteiger partial charge in [-0.05, 0) is 24.6 Å². The van der Waals surface area contributed by atoms with Crippen LogP contribution in [0.25, 0.3) is 0 Å². The number of amidine groups is 1. The Hall–Kier alpha value is -2.88. The molecule has 0 fully saturated rings. The van der Waals surface area contributed by atoms with Crippen molar-refractivity contribution in [2.24, 2.45) is 15.7 Å². The van der Waals surface area contributed by atoms with Crippen LogP contribution in [0, 0.1) is 5.82 Å². The number of carbonyl (C=O) groups is 1. The van der Waals surface area contributed by atoms with Gasteiger partial charge in [-0.2, -0.15) is 0 Å². The molecule has 0 saturated carbocycles. The Labute approximate surface area is 167 Å². The van der Waals surface area contributed by atoms with Gasteiger partial charge in [0, 0.05) is 33.8 Å². The van der Waals surface area contributed by atoms with Crippen molar-refractivity contribution in [3.05, 3.63) is 46.4 Å². The van der Waals surface area contributed by atoms with Crippen LogP contribution < -0.4 is 11.1 Å². The van der Waals surface area contributed by atoms with E-state index in [1.165, 1.54) is 13.1 Å². The number of aliphatic imine (C=N–C) groups is 2. The third-order valence-electron chi connectivity index (χ3n) is 4.03. The zero-order valence-corrected chi connectivity index (χ0v) is 17.0. The van der Waals surface area contributed by atoms with Gasteiger partial charge < -0.3 is 21.1 Å². The van der Waals surface area contributed by atoms with Crippen molar-refractivity contribution in [2.45, 2.75) is 25.8 Å². The summed E-state index contributed by atoms with van der Waals surface area (Å²) in [5.74, 6) is -4.04. The number of aliphatic hydroxyl groups excluding tert-OH is 1. The molecule has 0 bridgehead atoms. The fourth-order valence-electron chi connectivity index (χ4n) is 2.43. The minimum atomic E-state index is -3.32. The summed E-state index contributed by atoms with van der Waals surface area (Å²) in [7, 11) is 4.92. The van der Waals surface area contributed by atoms with Gasteiger partial charge in [-0.3, -0.25) is 14.8 Å². The number of aliphatic hydroxyl groups is 1. The van der Waals surface area contributed by atoms with Gasteiger partial charge in [0.05, 0.1) is 23.8 Å². The lowest BCUT2D eigenvalue weighted by Crippen LogP contribution is -2.42. The van der Waals surface area contributed by atoms with Crippen LogP contribution >= 0.6 is 0 Å². The molecule has 0 aliphatic rings. The van der Waals surface area contributed by atoms with Gasteiger partial charge in [0.25, 0.3) is 5.92 Å². The van der Waals surface area contributed by atoms with Crippen LogP contribution in [0.5, 0.6) is 0 Å². The molecule has 0 radical (unpaired) electrons. The monoisotopic (exact) mass is 413 g/mol. The number of aldehydes is 1. The molecule has 160 valence electrons. The number of guanidine groups is 1. The number of nitrogens with one attached hydrogen (secondary N) is 1. The zero-order chi connectivity index (χ0) is 22.4. The average molecular weight is 413 g/mol. The van der Waals surface area contributed by atoms with Crippen molar-refractivity contribution in [3.63, 3.8) is 0 Å². The standard InChI is InChI=1S/C19H26F3N5O2/c1-11(12-6-7-14(15(20)8-12)19(2,21)22)25-17(13(9-28)16(23)10-29)26-18(24-3)27(4)5/h6-9,11,29H,10,23H2,1-5H3,(H,24,25,26). The van der Waals surface area contributed by atoms with E-state index in [0.29, 0.717) is 24.7 Å². The highest BCUT2D eigenvalue weighted by Gasteiger charge is 2.28. The first-order valence-corrected chi connectivity index (χ1v) is 8.67. The predicted molar refractivity (Wildman–Crippen MR) is 106 cm³/mol. The summed E-state index contributed by atoms with van der Waals surface area (Å²) < 4.78 is 41.0. The van der Waals surface area contributed by atoms with Crippen molar-refractivity contribution in [1.82, 2.24) is 10.2 Å². The highest BCUT2D eigenvalue weighted by molar-refractivity contribution is 6.19. The maximum Gasteiger partial charge on any atom is 0.273 e. The number of hydrogen-bond acceptors (Lipinski definition) is 5. The normalized spacial score (nSPS) is 14.9. The summed E-state index contributed by atoms with van der Waals surface area (Å²) in [5, 5.41) is 12.1. The average Bonchev–Trinajstić information content (AvgIpc) is 2.64. The minimum Gasteiger partial charge on any atom is -0.399 e. The molecule has 10 heteroatoms. The van der Waals surface area contributed by atoms with E-state index < -0.39 is 30.0 Å². The molecular formula is C19H26F3N5O2. The van der Waals surface area contributed by atoms with E-state index in [0.717, 1.165) is 12.1 Å². The lowest BCUT2D eigenvalue weighted by atomic mass is 10.0. The summed E-state index contributed by atoms with van der Waals surface area (Å²) >= 11 is 0. The van der Waals surface area contributed by atoms with Gasteiger partial charge in [-0.1, -0.05) is 6.07 Å². The molecular weight excluding hydrogens is 387 g/mol. The molecule has 1 unspecified atom stereocenters. The number of alkyl halides is 2. The predicted octanol–water partition coefficient (Wildman–Crippen LogP) is 1.94. The number of hydrogen-bond donors (Lipinski definition) is 3. The Kier molecular flexibility index (Phi) is 8.38. The number of carbonyl (C=O) groups excluding carboxylic acids is 1. The number of benzene rings is 1. The second-order valence-electron chi connectivity index (χ2n) is 6.56. The fraction of sp³-hybridized carbons (Fsp3) is 0.421. The Bertz CT molecular complexity index is 830. The number of nitrogens with two attached hydrogens (primary N) is 1. The first-order valence-electron chi connectivity index (χ1n) is 8.67. The maximum atomic E-state index is 14.1. The second-order valence-corrected chi connectivity index (χ2v) is 6.56. The lowest BCUT2D eigenvalue weighted by Gasteiger charge is -2.20. The van der Waals surface area contributed by atoms with Crippen LogP contribution in [-0.2, 0) is 10.7 Å². The molecule has 29 heavy (non-hydrogen) atoms. The van der Waals surface area contributed by atoms with Crippen LogP contribution in [0.4, 0.5) is 13.2 Å². The van der Waals surface area contributed by atoms with Crippen molar-refractivity contribution in [1.29, 1.82) is 0 Å². The largest absolute Gasteiger partial charge is 0.399 e. The quantitative estimate of drug-likeness (QED) is 0.286. The van der Waals surface area contributed by atoms with Crippen LogP contribution in [0.2, 0.25) is 0 Å². The van der Waals surface area contributed by atoms with Gasteiger partial charge in [-0.15, -0.1) is 0 Å². The molecule has 1 rings (SSSR count). The Balaban J connectivity index is 3.44. The topological polar surface area (TPSA) is 103 Å². The summed E-state index contributed by atoms with van der Waals surface area (Å²) in [6, 6.07) is 2.58. The van der Waals surface area contributed by atoms with Gasteiger partial charge in [-0.25, -0.2) is 13.2 Å². The Morgan fingerprint density at radius 2 is 2.03 bits per heavy atom. The summed E-state index contributed by atoms with van der Waals surface area (Å²) in [6.07, 6.45) is 0.425. The molecule has 0 aromatic heterocycles. The molecule has 1 atom stereocenters. The lowest BCUT2D eigenvalue weighted by molar-refractivity contribution is -0.104. The SMILES string of the molecule is CN=C(NC(=NC(C)c1ccc(C(C)(F)F)c(F)c1)C(C=O)=C(N)CO)N(C)C. The van der Waals surface area contributed by atoms with Crippen LogP contribution in [-0.4, -0.2) is 55.8 Å². The number of rotatable bonds is 6. The zero-order valence-electron chi connectivity index (χ0n) is 17.0. The third-order valence-corrected chi connectivity index (χ3v) is 4.03. The van der Waals surface area contributed by atoms with E-state index >= 15 is 0 Å². The van der Waals surface area contributed by atoms with Gasteiger partial charge >= 0.3 is 0 Å². The smallest absolute Gasteiger partial charge is 0.273 e. The summed E-state index contributed by atoms with van der Waals surface area (Å²) in [5.41, 5.74) is 5.07. The van der Waals surface area contributed by atoms with Crippen LogP contribution in [0.3, 0.4) is 0 Å². The molecule has 0 aliphatic carbocycles. The van der Waals surface area contributed by atoms with E-state index in [4.69, 9.17) is 5.73 Å². The Morgan fingerprint density at radius 1 is 1.41 bits per heavy atom. The van der Waals surface area contributed by atoms with Gasteiger partial charge in [0.2, 0.25) is 0 Å². The minimum absolute atomic E-state index is 0.00124. The molecule has 0 amide bonds. The molecule has 7 nitrogen and oxygen atoms in total. The molecule has 1 aromatic carbocycles. The molecule has 0 saturated heterocycles. The highest BCUT2D eigenvalue weighted by atomic mass is 19.3. The van der Waals surface area contributed by atoms with E-state index in [-0.39, 0.29) is 17.1 Å². The van der Waals surface area contributed by atoms with E-state index in [1.807, 2.05) is 0 Å². The van der Waals surface area contributed by atoms with E-state index in [9.17, 15) is 23.1 Å². The molecule has 0 heterocycles. The van der Waals surface area contributed by atoms with Crippen molar-refractivity contribution >= 4 is 18.1 Å². The van der Waals surface area contributed by atoms with E-state index in [2.05, 4.69) is 15.3 Å². The molecule has 4 N–H and O–H groups in total. The third kappa shape index (κ3) is 6.31. The first kappa shape index (κ1) is 24.2. The van der Waals surface area contributed by atoms with Crippen LogP contribution in [0.15, 0.2) is 39.5 Å². The number of nitrogens with zero attached hydrogens (tertiary/aromatic N) is 3. The van der Waals surface area contributed by atoms with Crippen molar-refractivity contribution in [2.75, 3.05) is 27.7 Å². The fourth-order valence-corrected chi connectivity index (χ4v) is 2.43. The maximum absolute atomic E-state index is 14.1. The van der Waals surface area contributed by atoms with Crippen LogP contribution in [0.1, 0.15) is 31.0 Å². The first-order chi connectivity index (χ1) is 13.5. The molecule has 0 spiro atoms. The van der Waals surface area contributed by atoms with Crippen molar-refractivity contribution in [3.8, 4) is 0 Å². The van der Waals surface area contributed by atoms with Gasteiger partial charge in [0.1, 0.15) is 11.7 Å². The van der Waals surface area contributed by atoms with Crippen molar-refractivity contribution < 1.29 is 23.1 Å². The molecule has 1 aromatic rings. The van der Waals surface area contributed by atoms with E-state index in [1.54, 1.807) is 25.9 Å². The number of halogens is 3. The molecule has 0 aliphatic heterocycles. The summed E-state index contributed by atoms with van der Waals surface area (Å²) in [4.78, 5) is 21.5. The van der Waals surface area contributed by atoms with Gasteiger partial charge in [0.15, 0.2) is 12.2 Å². The second kappa shape index (κ2) is 10.1. The highest BCUT2D eigenvalue weighted by Crippen LogP contribution is 2.31. The summed E-state index contributed by atoms with van der Waals surface area (Å²) in [6.45, 7) is 1.62. The Morgan fingerprint density at radius 3 is 2.45 bits per heavy atom.